The van der Waals surface area contributed by atoms with Crippen LogP contribution in [0.1, 0.15) is 19.3 Å². The summed E-state index contributed by atoms with van der Waals surface area (Å²) in [5.41, 5.74) is 1.84. The number of pyridine rings is 1. The Morgan fingerprint density at radius 3 is 2.95 bits per heavy atom. The number of hydrogen-bond donors (Lipinski definition) is 2. The van der Waals surface area contributed by atoms with Gasteiger partial charge in [-0.3, -0.25) is 4.98 Å². The van der Waals surface area contributed by atoms with E-state index in [0.717, 1.165) is 36.6 Å². The molecule has 2 N–H and O–H groups in total. The smallest absolute Gasteiger partial charge is 0.148 e. The van der Waals surface area contributed by atoms with Crippen molar-refractivity contribution < 1.29 is 0 Å². The van der Waals surface area contributed by atoms with Gasteiger partial charge >= 0.3 is 0 Å². The molecule has 1 fully saturated rings. The minimum absolute atomic E-state index is 0.658. The third-order valence-electron chi connectivity index (χ3n) is 3.58. The van der Waals surface area contributed by atoms with Crippen molar-refractivity contribution in [1.82, 2.24) is 20.5 Å². The van der Waals surface area contributed by atoms with Crippen molar-refractivity contribution in [2.75, 3.05) is 18.4 Å². The number of rotatable bonds is 5. The zero-order valence-electron chi connectivity index (χ0n) is 11.4. The molecule has 3 rings (SSSR count). The fourth-order valence-electron chi connectivity index (χ4n) is 2.47. The summed E-state index contributed by atoms with van der Waals surface area (Å²) in [6.45, 7) is 2.09. The highest BCUT2D eigenvalue weighted by Gasteiger charge is 2.12. The van der Waals surface area contributed by atoms with Gasteiger partial charge in [0.25, 0.3) is 0 Å². The highest BCUT2D eigenvalue weighted by atomic mass is 15.2. The van der Waals surface area contributed by atoms with Crippen LogP contribution in [-0.4, -0.2) is 34.3 Å². The fraction of sp³-hybridized carbons (Fsp3) is 0.400. The molecule has 5 nitrogen and oxygen atoms in total. The summed E-state index contributed by atoms with van der Waals surface area (Å²) in [7, 11) is 0. The van der Waals surface area contributed by atoms with Crippen LogP contribution < -0.4 is 10.6 Å². The molecule has 0 aromatic carbocycles. The first kappa shape index (κ1) is 13.0. The van der Waals surface area contributed by atoms with Crippen LogP contribution in [0.3, 0.4) is 0 Å². The number of nitrogens with one attached hydrogen (secondary N) is 2. The van der Waals surface area contributed by atoms with E-state index in [0.29, 0.717) is 6.04 Å². The monoisotopic (exact) mass is 269 g/mol. The van der Waals surface area contributed by atoms with Gasteiger partial charge < -0.3 is 10.6 Å². The van der Waals surface area contributed by atoms with Gasteiger partial charge in [0.2, 0.25) is 0 Å². The van der Waals surface area contributed by atoms with Crippen LogP contribution in [0.15, 0.2) is 36.7 Å². The molecule has 0 spiro atoms. The van der Waals surface area contributed by atoms with E-state index >= 15 is 0 Å². The van der Waals surface area contributed by atoms with Gasteiger partial charge in [-0.25, -0.2) is 0 Å². The van der Waals surface area contributed by atoms with Crippen LogP contribution in [0.5, 0.6) is 0 Å². The normalized spacial score (nSPS) is 18.1. The van der Waals surface area contributed by atoms with Gasteiger partial charge in [-0.2, -0.15) is 0 Å². The second-order valence-corrected chi connectivity index (χ2v) is 5.05. The lowest BCUT2D eigenvalue weighted by molar-refractivity contribution is 0.574. The topological polar surface area (TPSA) is 62.7 Å². The van der Waals surface area contributed by atoms with Crippen molar-refractivity contribution in [2.24, 2.45) is 0 Å². The van der Waals surface area contributed by atoms with Crippen molar-refractivity contribution >= 4 is 5.82 Å². The first-order chi connectivity index (χ1) is 9.92. The van der Waals surface area contributed by atoms with Gasteiger partial charge in [-0.05, 0) is 50.1 Å². The third kappa shape index (κ3) is 3.30. The predicted octanol–water partition coefficient (Wildman–Crippen LogP) is 2.09. The molecule has 0 saturated carbocycles. The molecule has 0 aliphatic carbocycles. The quantitative estimate of drug-likeness (QED) is 0.870. The molecule has 0 radical (unpaired) electrons. The Bertz CT molecular complexity index is 520. The maximum absolute atomic E-state index is 4.23. The van der Waals surface area contributed by atoms with Crippen molar-refractivity contribution in [1.29, 1.82) is 0 Å². The molecule has 1 aliphatic rings. The van der Waals surface area contributed by atoms with Crippen LogP contribution in [0.25, 0.3) is 11.3 Å². The Labute approximate surface area is 118 Å². The minimum atomic E-state index is 0.658. The first-order valence-corrected chi connectivity index (χ1v) is 7.13. The van der Waals surface area contributed by atoms with E-state index in [2.05, 4.69) is 25.8 Å². The highest BCUT2D eigenvalue weighted by Crippen LogP contribution is 2.15. The van der Waals surface area contributed by atoms with Crippen LogP contribution >= 0.6 is 0 Å². The molecule has 5 heteroatoms. The van der Waals surface area contributed by atoms with Gasteiger partial charge in [-0.1, -0.05) is 0 Å². The molecule has 104 valence electrons. The SMILES string of the molecule is c1cncc(-c2ccc(NCCC3CCCN3)nn2)c1. The Morgan fingerprint density at radius 1 is 1.25 bits per heavy atom. The average molecular weight is 269 g/mol. The van der Waals surface area contributed by atoms with Crippen LogP contribution in [0.4, 0.5) is 5.82 Å². The molecule has 20 heavy (non-hydrogen) atoms. The summed E-state index contributed by atoms with van der Waals surface area (Å²) >= 11 is 0. The van der Waals surface area contributed by atoms with E-state index in [4.69, 9.17) is 0 Å². The second kappa shape index (κ2) is 6.43. The van der Waals surface area contributed by atoms with Crippen molar-refractivity contribution in [3.63, 3.8) is 0 Å². The van der Waals surface area contributed by atoms with E-state index in [1.807, 2.05) is 24.3 Å². The summed E-state index contributed by atoms with van der Waals surface area (Å²) in [6, 6.07) is 8.48. The van der Waals surface area contributed by atoms with Crippen molar-refractivity contribution in [2.45, 2.75) is 25.3 Å². The fourth-order valence-corrected chi connectivity index (χ4v) is 2.47. The average Bonchev–Trinajstić information content (AvgIpc) is 3.02. The Morgan fingerprint density at radius 2 is 2.25 bits per heavy atom. The lowest BCUT2D eigenvalue weighted by Gasteiger charge is -2.10. The zero-order valence-corrected chi connectivity index (χ0v) is 11.4. The van der Waals surface area contributed by atoms with E-state index in [1.165, 1.54) is 12.8 Å². The van der Waals surface area contributed by atoms with Crippen molar-refractivity contribution in [3.05, 3.63) is 36.7 Å². The molecule has 1 unspecified atom stereocenters. The third-order valence-corrected chi connectivity index (χ3v) is 3.58. The van der Waals surface area contributed by atoms with E-state index in [-0.39, 0.29) is 0 Å². The zero-order chi connectivity index (χ0) is 13.6. The summed E-state index contributed by atoms with van der Waals surface area (Å²) in [6.07, 6.45) is 7.26. The largest absolute Gasteiger partial charge is 0.369 e. The number of aromatic nitrogens is 3. The minimum Gasteiger partial charge on any atom is -0.369 e. The van der Waals surface area contributed by atoms with Crippen molar-refractivity contribution in [3.8, 4) is 11.3 Å². The summed E-state index contributed by atoms with van der Waals surface area (Å²) in [5, 5.41) is 15.3. The first-order valence-electron chi connectivity index (χ1n) is 7.13. The molecule has 0 bridgehead atoms. The molecule has 1 saturated heterocycles. The standard InChI is InChI=1S/C15H19N5/c1-3-12(11-16-8-1)14-5-6-15(20-19-14)18-10-7-13-4-2-9-17-13/h1,3,5-6,8,11,13,17H,2,4,7,9-10H2,(H,18,20). The number of anilines is 1. The van der Waals surface area contributed by atoms with Gasteiger partial charge in [0, 0.05) is 30.5 Å². The van der Waals surface area contributed by atoms with E-state index < -0.39 is 0 Å². The lowest BCUT2D eigenvalue weighted by Crippen LogP contribution is -2.24. The molecule has 3 heterocycles. The molecule has 1 atom stereocenters. The lowest BCUT2D eigenvalue weighted by atomic mass is 10.1. The molecule has 2 aromatic heterocycles. The summed E-state index contributed by atoms with van der Waals surface area (Å²) < 4.78 is 0. The second-order valence-electron chi connectivity index (χ2n) is 5.05. The molecular formula is C15H19N5. The molecular weight excluding hydrogens is 250 g/mol. The summed E-state index contributed by atoms with van der Waals surface area (Å²) in [4.78, 5) is 4.09. The summed E-state index contributed by atoms with van der Waals surface area (Å²) in [5.74, 6) is 0.829. The number of nitrogens with zero attached hydrogens (tertiary/aromatic N) is 3. The van der Waals surface area contributed by atoms with Crippen LogP contribution in [0, 0.1) is 0 Å². The van der Waals surface area contributed by atoms with Gasteiger partial charge in [0.05, 0.1) is 5.69 Å². The maximum atomic E-state index is 4.23. The predicted molar refractivity (Wildman–Crippen MR) is 79.4 cm³/mol. The molecule has 0 amide bonds. The molecule has 2 aromatic rings. The van der Waals surface area contributed by atoms with Crippen LogP contribution in [0.2, 0.25) is 0 Å². The number of hydrogen-bond acceptors (Lipinski definition) is 5. The van der Waals surface area contributed by atoms with Gasteiger partial charge in [0.1, 0.15) is 5.82 Å². The Hall–Kier alpha value is -2.01. The molecule has 1 aliphatic heterocycles. The maximum Gasteiger partial charge on any atom is 0.148 e. The Balaban J connectivity index is 1.53. The Kier molecular flexibility index (Phi) is 4.18. The van der Waals surface area contributed by atoms with Crippen LogP contribution in [-0.2, 0) is 0 Å². The highest BCUT2D eigenvalue weighted by molar-refractivity contribution is 5.57. The van der Waals surface area contributed by atoms with E-state index in [9.17, 15) is 0 Å². The van der Waals surface area contributed by atoms with E-state index in [1.54, 1.807) is 12.4 Å². The van der Waals surface area contributed by atoms with Gasteiger partial charge in [-0.15, -0.1) is 10.2 Å². The van der Waals surface area contributed by atoms with Gasteiger partial charge in [0.15, 0.2) is 0 Å².